The first-order valence-electron chi connectivity index (χ1n) is 5.34. The highest BCUT2D eigenvalue weighted by molar-refractivity contribution is 5.64. The zero-order valence-corrected chi connectivity index (χ0v) is 9.33. The van der Waals surface area contributed by atoms with Crippen molar-refractivity contribution in [2.75, 3.05) is 23.8 Å². The van der Waals surface area contributed by atoms with Crippen molar-refractivity contribution in [3.05, 3.63) is 18.3 Å². The third-order valence-electron chi connectivity index (χ3n) is 2.12. The van der Waals surface area contributed by atoms with E-state index in [9.17, 15) is 0 Å². The van der Waals surface area contributed by atoms with E-state index in [1.807, 2.05) is 26.0 Å². The lowest BCUT2D eigenvalue weighted by molar-refractivity contribution is 0.282. The molecule has 1 aromatic rings. The van der Waals surface area contributed by atoms with Crippen LogP contribution in [0.25, 0.3) is 0 Å². The van der Waals surface area contributed by atoms with Crippen molar-refractivity contribution in [3.8, 4) is 0 Å². The number of hydrogen-bond donors (Lipinski definition) is 3. The van der Waals surface area contributed by atoms with E-state index >= 15 is 0 Å². The van der Waals surface area contributed by atoms with Crippen LogP contribution in [0.3, 0.4) is 0 Å². The van der Waals surface area contributed by atoms with Crippen molar-refractivity contribution in [3.63, 3.8) is 0 Å². The minimum atomic E-state index is 0.192. The summed E-state index contributed by atoms with van der Waals surface area (Å²) in [6.07, 6.45) is 2.48. The number of nitrogens with zero attached hydrogens (tertiary/aromatic N) is 1. The molecule has 0 amide bonds. The van der Waals surface area contributed by atoms with Crippen LogP contribution in [0.5, 0.6) is 0 Å². The van der Waals surface area contributed by atoms with Gasteiger partial charge in [0.15, 0.2) is 0 Å². The minimum Gasteiger partial charge on any atom is -0.396 e. The lowest BCUT2D eigenvalue weighted by atomic mass is 10.2. The molecule has 15 heavy (non-hydrogen) atoms. The molecule has 4 heteroatoms. The largest absolute Gasteiger partial charge is 0.396 e. The van der Waals surface area contributed by atoms with Crippen LogP contribution in [0, 0.1) is 0 Å². The third kappa shape index (κ3) is 3.75. The zero-order valence-electron chi connectivity index (χ0n) is 9.33. The summed E-state index contributed by atoms with van der Waals surface area (Å²) in [7, 11) is 0. The fourth-order valence-corrected chi connectivity index (χ4v) is 1.35. The molecular formula is C11H19N3O. The molecule has 0 fully saturated rings. The van der Waals surface area contributed by atoms with E-state index in [-0.39, 0.29) is 12.6 Å². The SMILES string of the molecule is CCNc1cccnc1NC(C)CCO. The molecule has 0 radical (unpaired) electrons. The first-order valence-corrected chi connectivity index (χ1v) is 5.34. The van der Waals surface area contributed by atoms with Crippen LogP contribution in [-0.2, 0) is 0 Å². The molecule has 3 N–H and O–H groups in total. The number of aromatic nitrogens is 1. The Labute approximate surface area is 90.7 Å². The summed E-state index contributed by atoms with van der Waals surface area (Å²) in [5.41, 5.74) is 1.00. The van der Waals surface area contributed by atoms with Gasteiger partial charge in [-0.05, 0) is 32.4 Å². The van der Waals surface area contributed by atoms with Crippen LogP contribution in [0.15, 0.2) is 18.3 Å². The van der Waals surface area contributed by atoms with Crippen molar-refractivity contribution >= 4 is 11.5 Å². The quantitative estimate of drug-likeness (QED) is 0.667. The van der Waals surface area contributed by atoms with Gasteiger partial charge in [-0.25, -0.2) is 4.98 Å². The van der Waals surface area contributed by atoms with Gasteiger partial charge in [0.05, 0.1) is 5.69 Å². The number of nitrogens with one attached hydrogen (secondary N) is 2. The lowest BCUT2D eigenvalue weighted by Gasteiger charge is -2.16. The maximum absolute atomic E-state index is 8.81. The van der Waals surface area contributed by atoms with Gasteiger partial charge >= 0.3 is 0 Å². The molecule has 0 saturated carbocycles. The predicted molar refractivity (Wildman–Crippen MR) is 63.2 cm³/mol. The number of aliphatic hydroxyl groups excluding tert-OH is 1. The van der Waals surface area contributed by atoms with Gasteiger partial charge in [0, 0.05) is 25.4 Å². The van der Waals surface area contributed by atoms with Gasteiger partial charge in [0.25, 0.3) is 0 Å². The van der Waals surface area contributed by atoms with E-state index in [0.717, 1.165) is 24.5 Å². The normalized spacial score (nSPS) is 12.2. The molecular weight excluding hydrogens is 190 g/mol. The Morgan fingerprint density at radius 3 is 3.00 bits per heavy atom. The summed E-state index contributed by atoms with van der Waals surface area (Å²) in [5, 5.41) is 15.3. The summed E-state index contributed by atoms with van der Waals surface area (Å²) in [6, 6.07) is 4.12. The van der Waals surface area contributed by atoms with Crippen molar-refractivity contribution in [2.24, 2.45) is 0 Å². The number of aliphatic hydroxyl groups is 1. The van der Waals surface area contributed by atoms with Gasteiger partial charge in [0.2, 0.25) is 0 Å². The number of pyridine rings is 1. The summed E-state index contributed by atoms with van der Waals surface area (Å²) in [4.78, 5) is 4.26. The first kappa shape index (κ1) is 11.8. The second-order valence-corrected chi connectivity index (χ2v) is 3.49. The van der Waals surface area contributed by atoms with E-state index in [1.54, 1.807) is 6.20 Å². The average molecular weight is 209 g/mol. The predicted octanol–water partition coefficient (Wildman–Crippen LogP) is 1.70. The highest BCUT2D eigenvalue weighted by atomic mass is 16.3. The Bertz CT molecular complexity index is 291. The maximum Gasteiger partial charge on any atom is 0.149 e. The van der Waals surface area contributed by atoms with Gasteiger partial charge in [0.1, 0.15) is 5.82 Å². The molecule has 0 bridgehead atoms. The molecule has 0 spiro atoms. The summed E-state index contributed by atoms with van der Waals surface area (Å²) in [5.74, 6) is 0.848. The molecule has 1 unspecified atom stereocenters. The van der Waals surface area contributed by atoms with Crippen molar-refractivity contribution in [2.45, 2.75) is 26.3 Å². The topological polar surface area (TPSA) is 57.2 Å². The number of hydrogen-bond acceptors (Lipinski definition) is 4. The van der Waals surface area contributed by atoms with Crippen LogP contribution in [0.2, 0.25) is 0 Å². The molecule has 0 aliphatic heterocycles. The molecule has 1 rings (SSSR count). The van der Waals surface area contributed by atoms with E-state index in [4.69, 9.17) is 5.11 Å². The first-order chi connectivity index (χ1) is 7.27. The van der Waals surface area contributed by atoms with Gasteiger partial charge < -0.3 is 15.7 Å². The maximum atomic E-state index is 8.81. The Morgan fingerprint density at radius 2 is 2.33 bits per heavy atom. The Kier molecular flexibility index (Phi) is 4.90. The number of rotatable bonds is 6. The lowest BCUT2D eigenvalue weighted by Crippen LogP contribution is -2.18. The van der Waals surface area contributed by atoms with E-state index in [1.165, 1.54) is 0 Å². The number of anilines is 2. The Morgan fingerprint density at radius 1 is 1.53 bits per heavy atom. The average Bonchev–Trinajstić information content (AvgIpc) is 2.21. The smallest absolute Gasteiger partial charge is 0.149 e. The zero-order chi connectivity index (χ0) is 11.1. The van der Waals surface area contributed by atoms with Crippen LogP contribution < -0.4 is 10.6 Å². The van der Waals surface area contributed by atoms with Gasteiger partial charge in [-0.3, -0.25) is 0 Å². The summed E-state index contributed by atoms with van der Waals surface area (Å²) in [6.45, 7) is 5.14. The van der Waals surface area contributed by atoms with Crippen LogP contribution in [-0.4, -0.2) is 29.3 Å². The van der Waals surface area contributed by atoms with Crippen molar-refractivity contribution < 1.29 is 5.11 Å². The minimum absolute atomic E-state index is 0.192. The Balaban J connectivity index is 2.66. The highest BCUT2D eigenvalue weighted by Gasteiger charge is 2.05. The second-order valence-electron chi connectivity index (χ2n) is 3.49. The van der Waals surface area contributed by atoms with E-state index in [2.05, 4.69) is 15.6 Å². The van der Waals surface area contributed by atoms with Crippen LogP contribution in [0.4, 0.5) is 11.5 Å². The fraction of sp³-hybridized carbons (Fsp3) is 0.545. The van der Waals surface area contributed by atoms with Crippen LogP contribution >= 0.6 is 0 Å². The Hall–Kier alpha value is -1.29. The summed E-state index contributed by atoms with van der Waals surface area (Å²) < 4.78 is 0. The molecule has 1 atom stereocenters. The highest BCUT2D eigenvalue weighted by Crippen LogP contribution is 2.18. The van der Waals surface area contributed by atoms with Crippen molar-refractivity contribution in [1.29, 1.82) is 0 Å². The molecule has 0 aliphatic rings. The molecule has 0 saturated heterocycles. The molecule has 4 nitrogen and oxygen atoms in total. The summed E-state index contributed by atoms with van der Waals surface area (Å²) >= 11 is 0. The fourth-order valence-electron chi connectivity index (χ4n) is 1.35. The van der Waals surface area contributed by atoms with Gasteiger partial charge in [-0.15, -0.1) is 0 Å². The molecule has 0 aliphatic carbocycles. The third-order valence-corrected chi connectivity index (χ3v) is 2.12. The van der Waals surface area contributed by atoms with Crippen molar-refractivity contribution in [1.82, 2.24) is 4.98 Å². The molecule has 84 valence electrons. The molecule has 1 heterocycles. The van der Waals surface area contributed by atoms with Crippen LogP contribution in [0.1, 0.15) is 20.3 Å². The second kappa shape index (κ2) is 6.24. The van der Waals surface area contributed by atoms with E-state index < -0.39 is 0 Å². The van der Waals surface area contributed by atoms with E-state index in [0.29, 0.717) is 0 Å². The molecule has 1 aromatic heterocycles. The standard InChI is InChI=1S/C11H19N3O/c1-3-12-10-5-4-7-13-11(10)14-9(2)6-8-15/h4-5,7,9,12,15H,3,6,8H2,1-2H3,(H,13,14). The van der Waals surface area contributed by atoms with Gasteiger partial charge in [-0.2, -0.15) is 0 Å². The molecule has 0 aromatic carbocycles. The van der Waals surface area contributed by atoms with Gasteiger partial charge in [-0.1, -0.05) is 0 Å². The monoisotopic (exact) mass is 209 g/mol.